The number of nitrogens with zero attached hydrogens (tertiary/aromatic N) is 2. The van der Waals surface area contributed by atoms with Gasteiger partial charge in [0.2, 0.25) is 5.78 Å². The lowest BCUT2D eigenvalue weighted by molar-refractivity contribution is 0.103. The van der Waals surface area contributed by atoms with E-state index in [9.17, 15) is 4.79 Å². The highest BCUT2D eigenvalue weighted by Gasteiger charge is 2.16. The first-order chi connectivity index (χ1) is 7.70. The molecule has 0 saturated carbocycles. The van der Waals surface area contributed by atoms with Crippen molar-refractivity contribution in [3.63, 3.8) is 0 Å². The summed E-state index contributed by atoms with van der Waals surface area (Å²) in [7, 11) is 0. The van der Waals surface area contributed by atoms with Gasteiger partial charge in [0.15, 0.2) is 0 Å². The van der Waals surface area contributed by atoms with E-state index in [1.807, 2.05) is 0 Å². The molecule has 4 nitrogen and oxygen atoms in total. The molecule has 0 aliphatic heterocycles. The summed E-state index contributed by atoms with van der Waals surface area (Å²) in [5.74, 6) is -0.323. The Morgan fingerprint density at radius 2 is 2.12 bits per heavy atom. The predicted molar refractivity (Wildman–Crippen MR) is 61.3 cm³/mol. The van der Waals surface area contributed by atoms with Crippen LogP contribution < -0.4 is 5.73 Å². The number of pyridine rings is 2. The van der Waals surface area contributed by atoms with Crippen molar-refractivity contribution in [3.05, 3.63) is 53.1 Å². The smallest absolute Gasteiger partial charge is 0.216 e. The minimum atomic E-state index is -0.323. The normalized spacial score (nSPS) is 10.1. The summed E-state index contributed by atoms with van der Waals surface area (Å²) in [6.07, 6.45) is 4.43. The number of carbonyl (C=O) groups excluding carboxylic acids is 1. The van der Waals surface area contributed by atoms with Crippen molar-refractivity contribution < 1.29 is 4.79 Å². The van der Waals surface area contributed by atoms with Crippen LogP contribution in [-0.4, -0.2) is 15.8 Å². The van der Waals surface area contributed by atoms with Gasteiger partial charge in [-0.25, -0.2) is 0 Å². The van der Waals surface area contributed by atoms with E-state index >= 15 is 0 Å². The number of nitrogen functional groups attached to an aromatic ring is 1. The first-order valence-corrected chi connectivity index (χ1v) is 4.92. The lowest BCUT2D eigenvalue weighted by atomic mass is 10.1. The summed E-state index contributed by atoms with van der Waals surface area (Å²) < 4.78 is 0. The van der Waals surface area contributed by atoms with Gasteiger partial charge in [-0.1, -0.05) is 11.6 Å². The van der Waals surface area contributed by atoms with Crippen molar-refractivity contribution in [1.29, 1.82) is 0 Å². The number of rotatable bonds is 2. The second kappa shape index (κ2) is 4.28. The van der Waals surface area contributed by atoms with E-state index < -0.39 is 0 Å². The monoisotopic (exact) mass is 233 g/mol. The van der Waals surface area contributed by atoms with Gasteiger partial charge >= 0.3 is 0 Å². The lowest BCUT2D eigenvalue weighted by Gasteiger charge is -2.04. The summed E-state index contributed by atoms with van der Waals surface area (Å²) in [4.78, 5) is 19.8. The minimum Gasteiger partial charge on any atom is -0.398 e. The molecule has 2 N–H and O–H groups in total. The van der Waals surface area contributed by atoms with Crippen LogP contribution in [0.3, 0.4) is 0 Å². The molecule has 2 rings (SSSR count). The second-order valence-electron chi connectivity index (χ2n) is 3.13. The standard InChI is InChI=1S/C11H8ClN3O/c12-8-2-1-4-15-10(8)11(16)7-6-14-5-3-9(7)13/h1-6H,(H2,13,14). The lowest BCUT2D eigenvalue weighted by Crippen LogP contribution is -2.08. The number of hydrogen-bond donors (Lipinski definition) is 1. The molecule has 0 unspecified atom stereocenters. The first kappa shape index (κ1) is 10.6. The van der Waals surface area contributed by atoms with Crippen molar-refractivity contribution in [2.75, 3.05) is 5.73 Å². The Balaban J connectivity index is 2.48. The molecule has 0 bridgehead atoms. The molecule has 0 atom stereocenters. The van der Waals surface area contributed by atoms with Crippen LogP contribution in [0.2, 0.25) is 5.02 Å². The van der Waals surface area contributed by atoms with Gasteiger partial charge in [0.25, 0.3) is 0 Å². The Bertz CT molecular complexity index is 495. The summed E-state index contributed by atoms with van der Waals surface area (Å²) in [5, 5.41) is 0.302. The molecule has 80 valence electrons. The van der Waals surface area contributed by atoms with Crippen molar-refractivity contribution in [2.45, 2.75) is 0 Å². The van der Waals surface area contributed by atoms with Crippen LogP contribution in [0, 0.1) is 0 Å². The molecule has 2 aromatic heterocycles. The molecule has 16 heavy (non-hydrogen) atoms. The van der Waals surface area contributed by atoms with Crippen molar-refractivity contribution in [3.8, 4) is 0 Å². The zero-order valence-electron chi connectivity index (χ0n) is 8.22. The maximum Gasteiger partial charge on any atom is 0.216 e. The molecular formula is C11H8ClN3O. The highest BCUT2D eigenvalue weighted by atomic mass is 35.5. The quantitative estimate of drug-likeness (QED) is 0.805. The number of nitrogens with two attached hydrogens (primary N) is 1. The Kier molecular flexibility index (Phi) is 2.83. The Morgan fingerprint density at radius 1 is 1.31 bits per heavy atom. The van der Waals surface area contributed by atoms with Crippen molar-refractivity contribution >= 4 is 23.1 Å². The van der Waals surface area contributed by atoms with Crippen molar-refractivity contribution in [1.82, 2.24) is 9.97 Å². The Labute approximate surface area is 97.1 Å². The third kappa shape index (κ3) is 1.87. The largest absolute Gasteiger partial charge is 0.398 e. The van der Waals surface area contributed by atoms with E-state index in [4.69, 9.17) is 17.3 Å². The van der Waals surface area contributed by atoms with Gasteiger partial charge in [-0.3, -0.25) is 14.8 Å². The Morgan fingerprint density at radius 3 is 2.81 bits per heavy atom. The predicted octanol–water partition coefficient (Wildman–Crippen LogP) is 1.94. The van der Waals surface area contributed by atoms with Crippen LogP contribution in [0.4, 0.5) is 5.69 Å². The molecule has 0 saturated heterocycles. The van der Waals surface area contributed by atoms with Crippen LogP contribution in [0.5, 0.6) is 0 Å². The number of anilines is 1. The molecule has 5 heteroatoms. The van der Waals surface area contributed by atoms with Crippen LogP contribution in [-0.2, 0) is 0 Å². The van der Waals surface area contributed by atoms with Gasteiger partial charge in [-0.15, -0.1) is 0 Å². The molecule has 0 aromatic carbocycles. The van der Waals surface area contributed by atoms with E-state index in [1.54, 1.807) is 18.2 Å². The van der Waals surface area contributed by atoms with Crippen LogP contribution in [0.1, 0.15) is 16.1 Å². The molecule has 0 fully saturated rings. The average molecular weight is 234 g/mol. The Hall–Kier alpha value is -1.94. The van der Waals surface area contributed by atoms with Gasteiger partial charge in [0.05, 0.1) is 10.6 Å². The minimum absolute atomic E-state index is 0.184. The van der Waals surface area contributed by atoms with Gasteiger partial charge in [-0.2, -0.15) is 0 Å². The molecule has 0 aliphatic rings. The van der Waals surface area contributed by atoms with E-state index in [0.29, 0.717) is 16.3 Å². The maximum atomic E-state index is 12.0. The fourth-order valence-electron chi connectivity index (χ4n) is 1.28. The van der Waals surface area contributed by atoms with E-state index in [1.165, 1.54) is 18.6 Å². The number of aromatic nitrogens is 2. The number of ketones is 1. The number of carbonyl (C=O) groups is 1. The highest BCUT2D eigenvalue weighted by Crippen LogP contribution is 2.19. The first-order valence-electron chi connectivity index (χ1n) is 4.55. The van der Waals surface area contributed by atoms with Gasteiger partial charge < -0.3 is 5.73 Å². The fourth-order valence-corrected chi connectivity index (χ4v) is 1.48. The molecule has 0 radical (unpaired) electrons. The summed E-state index contributed by atoms with van der Waals surface area (Å²) in [5.41, 5.74) is 6.53. The highest BCUT2D eigenvalue weighted by molar-refractivity contribution is 6.34. The summed E-state index contributed by atoms with van der Waals surface area (Å²) >= 11 is 5.88. The zero-order chi connectivity index (χ0) is 11.5. The third-order valence-corrected chi connectivity index (χ3v) is 2.38. The van der Waals surface area contributed by atoms with Crippen LogP contribution >= 0.6 is 11.6 Å². The van der Waals surface area contributed by atoms with Gasteiger partial charge in [-0.05, 0) is 18.2 Å². The SMILES string of the molecule is Nc1ccncc1C(=O)c1ncccc1Cl. The maximum absolute atomic E-state index is 12.0. The van der Waals surface area contributed by atoms with Gasteiger partial charge in [0.1, 0.15) is 5.69 Å². The van der Waals surface area contributed by atoms with Crippen LogP contribution in [0.25, 0.3) is 0 Å². The molecule has 0 spiro atoms. The second-order valence-corrected chi connectivity index (χ2v) is 3.53. The molecule has 2 heterocycles. The fraction of sp³-hybridized carbons (Fsp3) is 0. The molecule has 0 amide bonds. The van der Waals surface area contributed by atoms with Crippen LogP contribution in [0.15, 0.2) is 36.8 Å². The van der Waals surface area contributed by atoms with E-state index in [-0.39, 0.29) is 11.5 Å². The number of halogens is 1. The third-order valence-electron chi connectivity index (χ3n) is 2.07. The summed E-state index contributed by atoms with van der Waals surface area (Å²) in [6, 6.07) is 4.82. The molecule has 0 aliphatic carbocycles. The topological polar surface area (TPSA) is 68.9 Å². The molecular weight excluding hydrogens is 226 g/mol. The summed E-state index contributed by atoms with van der Waals surface area (Å²) in [6.45, 7) is 0. The zero-order valence-corrected chi connectivity index (χ0v) is 8.98. The van der Waals surface area contributed by atoms with E-state index in [2.05, 4.69) is 9.97 Å². The van der Waals surface area contributed by atoms with E-state index in [0.717, 1.165) is 0 Å². The average Bonchev–Trinajstić information content (AvgIpc) is 2.29. The number of hydrogen-bond acceptors (Lipinski definition) is 4. The van der Waals surface area contributed by atoms with Gasteiger partial charge in [0, 0.05) is 24.3 Å². The van der Waals surface area contributed by atoms with Crippen molar-refractivity contribution in [2.24, 2.45) is 0 Å². The molecule has 2 aromatic rings.